The van der Waals surface area contributed by atoms with Crippen molar-refractivity contribution in [1.29, 1.82) is 0 Å². The van der Waals surface area contributed by atoms with Crippen molar-refractivity contribution in [3.63, 3.8) is 0 Å². The molecule has 0 spiro atoms. The Labute approximate surface area is 112 Å². The second kappa shape index (κ2) is 5.09. The Balaban J connectivity index is 1.88. The summed E-state index contributed by atoms with van der Waals surface area (Å²) < 4.78 is 5.72. The average molecular weight is 260 g/mol. The first-order valence-corrected chi connectivity index (χ1v) is 6.87. The highest BCUT2D eigenvalue weighted by atomic mass is 16.5. The maximum absolute atomic E-state index is 6.17. The van der Waals surface area contributed by atoms with Crippen molar-refractivity contribution in [2.75, 3.05) is 30.3 Å². The van der Waals surface area contributed by atoms with E-state index in [0.29, 0.717) is 6.10 Å². The lowest BCUT2D eigenvalue weighted by Gasteiger charge is -2.27. The van der Waals surface area contributed by atoms with E-state index in [2.05, 4.69) is 28.1 Å². The van der Waals surface area contributed by atoms with Gasteiger partial charge < -0.3 is 15.4 Å². The van der Waals surface area contributed by atoms with Crippen LogP contribution in [0.3, 0.4) is 0 Å². The minimum Gasteiger partial charge on any atom is -0.397 e. The van der Waals surface area contributed by atoms with Gasteiger partial charge in [-0.2, -0.15) is 5.10 Å². The van der Waals surface area contributed by atoms with Gasteiger partial charge in [0.1, 0.15) is 0 Å². The maximum Gasteiger partial charge on any atom is 0.0750 e. The Morgan fingerprint density at radius 3 is 3.16 bits per heavy atom. The molecule has 3 rings (SSSR count). The summed E-state index contributed by atoms with van der Waals surface area (Å²) in [5.41, 5.74) is 9.06. The van der Waals surface area contributed by atoms with Gasteiger partial charge in [-0.3, -0.25) is 5.10 Å². The molecule has 1 fully saturated rings. The molecular formula is C14H20N4O. The first-order chi connectivity index (χ1) is 9.28. The number of benzene rings is 1. The van der Waals surface area contributed by atoms with Crippen molar-refractivity contribution in [2.24, 2.45) is 0 Å². The first-order valence-electron chi connectivity index (χ1n) is 6.87. The number of nitrogens with one attached hydrogen (secondary N) is 1. The molecular weight excluding hydrogens is 240 g/mol. The van der Waals surface area contributed by atoms with Crippen LogP contribution in [0.25, 0.3) is 10.9 Å². The fraction of sp³-hybridized carbons (Fsp3) is 0.500. The summed E-state index contributed by atoms with van der Waals surface area (Å²) >= 11 is 0. The molecule has 19 heavy (non-hydrogen) atoms. The van der Waals surface area contributed by atoms with Crippen LogP contribution >= 0.6 is 0 Å². The SMILES string of the molecule is CCN(CC1CCCO1)c1cc2[nH]ncc2cc1N. The molecule has 1 unspecified atom stereocenters. The monoisotopic (exact) mass is 260 g/mol. The minimum atomic E-state index is 0.330. The van der Waals surface area contributed by atoms with Gasteiger partial charge in [-0.25, -0.2) is 0 Å². The molecule has 3 N–H and O–H groups in total. The van der Waals surface area contributed by atoms with Crippen LogP contribution in [0.5, 0.6) is 0 Å². The largest absolute Gasteiger partial charge is 0.397 e. The molecule has 2 aromatic rings. The number of aromatic nitrogens is 2. The molecule has 1 aromatic heterocycles. The fourth-order valence-corrected chi connectivity index (χ4v) is 2.70. The van der Waals surface area contributed by atoms with Crippen molar-refractivity contribution < 1.29 is 4.74 Å². The molecule has 0 amide bonds. The zero-order chi connectivity index (χ0) is 13.2. The second-order valence-corrected chi connectivity index (χ2v) is 5.04. The molecule has 1 atom stereocenters. The van der Waals surface area contributed by atoms with E-state index < -0.39 is 0 Å². The molecule has 5 heteroatoms. The van der Waals surface area contributed by atoms with E-state index in [1.807, 2.05) is 6.07 Å². The summed E-state index contributed by atoms with van der Waals surface area (Å²) in [6.45, 7) is 4.85. The van der Waals surface area contributed by atoms with E-state index in [0.717, 1.165) is 54.8 Å². The topological polar surface area (TPSA) is 67.2 Å². The zero-order valence-electron chi connectivity index (χ0n) is 11.2. The van der Waals surface area contributed by atoms with Crippen LogP contribution in [0.15, 0.2) is 18.3 Å². The number of likely N-dealkylation sites (N-methyl/N-ethyl adjacent to an activating group) is 1. The standard InChI is InChI=1S/C14H20N4O/c1-2-18(9-11-4-3-5-19-11)14-7-13-10(6-12(14)15)8-16-17-13/h6-8,11H,2-5,9,15H2,1H3,(H,16,17). The fourth-order valence-electron chi connectivity index (χ4n) is 2.70. The number of rotatable bonds is 4. The second-order valence-electron chi connectivity index (χ2n) is 5.04. The normalized spacial score (nSPS) is 19.1. The van der Waals surface area contributed by atoms with E-state index in [1.165, 1.54) is 0 Å². The third kappa shape index (κ3) is 2.38. The van der Waals surface area contributed by atoms with E-state index in [9.17, 15) is 0 Å². The van der Waals surface area contributed by atoms with Gasteiger partial charge in [0.15, 0.2) is 0 Å². The van der Waals surface area contributed by atoms with Crippen LogP contribution in [0.2, 0.25) is 0 Å². The molecule has 102 valence electrons. The lowest BCUT2D eigenvalue weighted by Crippen LogP contribution is -2.32. The van der Waals surface area contributed by atoms with Crippen molar-refractivity contribution in [3.8, 4) is 0 Å². The van der Waals surface area contributed by atoms with Gasteiger partial charge >= 0.3 is 0 Å². The van der Waals surface area contributed by atoms with Crippen molar-refractivity contribution >= 4 is 22.3 Å². The molecule has 5 nitrogen and oxygen atoms in total. The third-order valence-electron chi connectivity index (χ3n) is 3.76. The highest BCUT2D eigenvalue weighted by Crippen LogP contribution is 2.29. The summed E-state index contributed by atoms with van der Waals surface area (Å²) in [4.78, 5) is 2.28. The smallest absolute Gasteiger partial charge is 0.0750 e. The number of nitrogen functional groups attached to an aromatic ring is 1. The lowest BCUT2D eigenvalue weighted by molar-refractivity contribution is 0.116. The molecule has 0 radical (unpaired) electrons. The van der Waals surface area contributed by atoms with Crippen molar-refractivity contribution in [3.05, 3.63) is 18.3 Å². The highest BCUT2D eigenvalue weighted by Gasteiger charge is 2.20. The van der Waals surface area contributed by atoms with Crippen LogP contribution in [-0.4, -0.2) is 36.0 Å². The number of fused-ring (bicyclic) bond motifs is 1. The summed E-state index contributed by atoms with van der Waals surface area (Å²) in [6.07, 6.45) is 4.43. The van der Waals surface area contributed by atoms with E-state index in [4.69, 9.17) is 10.5 Å². The van der Waals surface area contributed by atoms with Crippen molar-refractivity contribution in [1.82, 2.24) is 10.2 Å². The molecule has 1 aliphatic rings. The number of nitrogens with two attached hydrogens (primary N) is 1. The summed E-state index contributed by atoms with van der Waals surface area (Å²) in [5, 5.41) is 8.09. The van der Waals surface area contributed by atoms with Gasteiger partial charge in [-0.1, -0.05) is 0 Å². The molecule has 1 aromatic carbocycles. The van der Waals surface area contributed by atoms with Crippen LogP contribution in [-0.2, 0) is 4.74 Å². The highest BCUT2D eigenvalue weighted by molar-refractivity contribution is 5.88. The van der Waals surface area contributed by atoms with Gasteiger partial charge in [0.05, 0.1) is 29.2 Å². The van der Waals surface area contributed by atoms with Crippen LogP contribution in [0.4, 0.5) is 11.4 Å². The van der Waals surface area contributed by atoms with Crippen LogP contribution < -0.4 is 10.6 Å². The predicted octanol–water partition coefficient (Wildman–Crippen LogP) is 2.15. The molecule has 0 saturated carbocycles. The number of anilines is 2. The lowest BCUT2D eigenvalue weighted by atomic mass is 10.1. The maximum atomic E-state index is 6.17. The van der Waals surface area contributed by atoms with Crippen molar-refractivity contribution in [2.45, 2.75) is 25.9 Å². The van der Waals surface area contributed by atoms with Crippen LogP contribution in [0, 0.1) is 0 Å². The molecule has 2 heterocycles. The zero-order valence-corrected chi connectivity index (χ0v) is 11.2. The first kappa shape index (κ1) is 12.3. The third-order valence-corrected chi connectivity index (χ3v) is 3.76. The number of H-pyrrole nitrogens is 1. The van der Waals surface area contributed by atoms with Gasteiger partial charge in [-0.05, 0) is 31.9 Å². The Bertz CT molecular complexity index is 560. The molecule has 1 aliphatic heterocycles. The Hall–Kier alpha value is -1.75. The molecule has 1 saturated heterocycles. The van der Waals surface area contributed by atoms with Gasteiger partial charge in [0.25, 0.3) is 0 Å². The summed E-state index contributed by atoms with van der Waals surface area (Å²) in [6, 6.07) is 4.06. The number of nitrogens with zero attached hydrogens (tertiary/aromatic N) is 2. The molecule has 0 bridgehead atoms. The average Bonchev–Trinajstić information content (AvgIpc) is 3.05. The van der Waals surface area contributed by atoms with E-state index in [-0.39, 0.29) is 0 Å². The minimum absolute atomic E-state index is 0.330. The quantitative estimate of drug-likeness (QED) is 0.827. The van der Waals surface area contributed by atoms with Gasteiger partial charge in [0.2, 0.25) is 0 Å². The summed E-state index contributed by atoms with van der Waals surface area (Å²) in [5.74, 6) is 0. The summed E-state index contributed by atoms with van der Waals surface area (Å²) in [7, 11) is 0. The number of aromatic amines is 1. The molecule has 0 aliphatic carbocycles. The van der Waals surface area contributed by atoms with Crippen LogP contribution in [0.1, 0.15) is 19.8 Å². The Morgan fingerprint density at radius 1 is 1.53 bits per heavy atom. The van der Waals surface area contributed by atoms with E-state index in [1.54, 1.807) is 6.20 Å². The van der Waals surface area contributed by atoms with Gasteiger partial charge in [0, 0.05) is 25.1 Å². The number of hydrogen-bond acceptors (Lipinski definition) is 4. The Kier molecular flexibility index (Phi) is 3.29. The Morgan fingerprint density at radius 2 is 2.42 bits per heavy atom. The van der Waals surface area contributed by atoms with Gasteiger partial charge in [-0.15, -0.1) is 0 Å². The number of ether oxygens (including phenoxy) is 1. The predicted molar refractivity (Wildman–Crippen MR) is 77.4 cm³/mol. The van der Waals surface area contributed by atoms with E-state index >= 15 is 0 Å². The number of hydrogen-bond donors (Lipinski definition) is 2.